The Hall–Kier alpha value is -2.96. The highest BCUT2D eigenvalue weighted by molar-refractivity contribution is 6.00. The second-order valence-electron chi connectivity index (χ2n) is 5.95. The quantitative estimate of drug-likeness (QED) is 0.831. The fourth-order valence-electron chi connectivity index (χ4n) is 3.05. The molecule has 1 aliphatic heterocycles. The monoisotopic (exact) mass is 345 g/mol. The number of methoxy groups -OCH3 is 1. The maximum atomic E-state index is 11.7. The lowest BCUT2D eigenvalue weighted by atomic mass is 10.0. The van der Waals surface area contributed by atoms with Gasteiger partial charge in [-0.3, -0.25) is 0 Å². The molecule has 3 rings (SSSR count). The number of carbonyl (C=O) groups excluding carboxylic acids is 1. The van der Waals surface area contributed by atoms with Crippen molar-refractivity contribution in [2.24, 2.45) is 0 Å². The molecule has 1 amide bonds. The molecule has 0 bridgehead atoms. The van der Waals surface area contributed by atoms with E-state index >= 15 is 0 Å². The van der Waals surface area contributed by atoms with Crippen LogP contribution in [0.15, 0.2) is 30.3 Å². The zero-order chi connectivity index (χ0) is 18.0. The molecule has 25 heavy (non-hydrogen) atoms. The highest BCUT2D eigenvalue weighted by Crippen LogP contribution is 2.33. The number of esters is 1. The number of phenolic OH excluding ortho intramolecular Hbond substituents is 1. The first-order valence-electron chi connectivity index (χ1n) is 7.98. The van der Waals surface area contributed by atoms with Gasteiger partial charge in [-0.1, -0.05) is 12.1 Å². The molecule has 1 aliphatic rings. The fourth-order valence-corrected chi connectivity index (χ4v) is 3.05. The lowest BCUT2D eigenvalue weighted by molar-refractivity contribution is 0.0597. The van der Waals surface area contributed by atoms with Crippen LogP contribution in [0, 0.1) is 0 Å². The van der Waals surface area contributed by atoms with E-state index in [4.69, 9.17) is 9.84 Å². The molecule has 1 unspecified atom stereocenters. The maximum absolute atomic E-state index is 11.7. The number of amides is 1. The van der Waals surface area contributed by atoms with Crippen LogP contribution in [0.5, 0.6) is 11.5 Å². The first-order chi connectivity index (χ1) is 12.0. The molecule has 0 spiro atoms. The summed E-state index contributed by atoms with van der Waals surface area (Å²) in [6, 6.07) is 8.37. The van der Waals surface area contributed by atoms with E-state index in [2.05, 4.69) is 4.74 Å². The van der Waals surface area contributed by atoms with E-state index in [0.29, 0.717) is 24.2 Å². The second kappa shape index (κ2) is 6.88. The molecule has 7 heteroatoms. The van der Waals surface area contributed by atoms with Gasteiger partial charge in [0.2, 0.25) is 0 Å². The largest absolute Gasteiger partial charge is 0.507 e. The summed E-state index contributed by atoms with van der Waals surface area (Å²) in [5.74, 6) is -0.261. The highest BCUT2D eigenvalue weighted by atomic mass is 16.5. The Morgan fingerprint density at radius 1 is 1.28 bits per heavy atom. The first-order valence-corrected chi connectivity index (χ1v) is 7.98. The standard InChI is InChI=1S/C18H19NO6/c1-24-17(21)14-8-11-4-2-6-16(13(11)9-15(14)20)25-12-5-3-7-19(10-12)18(22)23/h2,4,6,8-9,12,20H,3,5,7,10H2,1H3,(H,22,23). The maximum Gasteiger partial charge on any atom is 0.407 e. The van der Waals surface area contributed by atoms with Crippen LogP contribution in [0.25, 0.3) is 10.8 Å². The van der Waals surface area contributed by atoms with Crippen molar-refractivity contribution in [2.45, 2.75) is 18.9 Å². The summed E-state index contributed by atoms with van der Waals surface area (Å²) in [4.78, 5) is 24.2. The van der Waals surface area contributed by atoms with Crippen molar-refractivity contribution >= 4 is 22.8 Å². The van der Waals surface area contributed by atoms with Crippen LogP contribution < -0.4 is 4.74 Å². The van der Waals surface area contributed by atoms with Gasteiger partial charge in [0.05, 0.1) is 13.7 Å². The molecular formula is C18H19NO6. The Morgan fingerprint density at radius 3 is 2.80 bits per heavy atom. The van der Waals surface area contributed by atoms with E-state index < -0.39 is 12.1 Å². The average molecular weight is 345 g/mol. The van der Waals surface area contributed by atoms with Gasteiger partial charge in [-0.2, -0.15) is 0 Å². The average Bonchev–Trinajstić information content (AvgIpc) is 2.61. The predicted octanol–water partition coefficient (Wildman–Crippen LogP) is 2.85. The van der Waals surface area contributed by atoms with E-state index in [-0.39, 0.29) is 17.4 Å². The second-order valence-corrected chi connectivity index (χ2v) is 5.95. The molecule has 2 aromatic rings. The Bertz CT molecular complexity index is 819. The molecule has 0 aromatic heterocycles. The van der Waals surface area contributed by atoms with Gasteiger partial charge >= 0.3 is 12.1 Å². The van der Waals surface area contributed by atoms with Crippen LogP contribution in [-0.2, 0) is 4.74 Å². The summed E-state index contributed by atoms with van der Waals surface area (Å²) in [6.45, 7) is 0.811. The Labute approximate surface area is 144 Å². The molecule has 1 saturated heterocycles. The smallest absolute Gasteiger partial charge is 0.407 e. The third-order valence-corrected chi connectivity index (χ3v) is 4.30. The summed E-state index contributed by atoms with van der Waals surface area (Å²) in [7, 11) is 1.25. The number of likely N-dealkylation sites (tertiary alicyclic amines) is 1. The van der Waals surface area contributed by atoms with Gasteiger partial charge in [-0.15, -0.1) is 0 Å². The number of hydrogen-bond acceptors (Lipinski definition) is 5. The molecule has 1 atom stereocenters. The van der Waals surface area contributed by atoms with Gasteiger partial charge in [-0.25, -0.2) is 9.59 Å². The third-order valence-electron chi connectivity index (χ3n) is 4.30. The number of ether oxygens (including phenoxy) is 2. The summed E-state index contributed by atoms with van der Waals surface area (Å²) in [5.41, 5.74) is 0.0851. The molecule has 1 heterocycles. The normalized spacial score (nSPS) is 17.3. The number of rotatable bonds is 3. The van der Waals surface area contributed by atoms with Crippen LogP contribution >= 0.6 is 0 Å². The summed E-state index contributed by atoms with van der Waals surface area (Å²) >= 11 is 0. The van der Waals surface area contributed by atoms with Gasteiger partial charge in [0, 0.05) is 11.9 Å². The van der Waals surface area contributed by atoms with Crippen molar-refractivity contribution in [1.82, 2.24) is 4.90 Å². The van der Waals surface area contributed by atoms with Gasteiger partial charge in [-0.05, 0) is 36.4 Å². The van der Waals surface area contributed by atoms with Gasteiger partial charge in [0.1, 0.15) is 23.2 Å². The summed E-state index contributed by atoms with van der Waals surface area (Å²) in [6.07, 6.45) is 0.288. The van der Waals surface area contributed by atoms with Crippen molar-refractivity contribution in [2.75, 3.05) is 20.2 Å². The number of phenols is 1. The number of carboxylic acid groups (broad SMARTS) is 1. The Kier molecular flexibility index (Phi) is 4.65. The van der Waals surface area contributed by atoms with E-state index in [1.807, 2.05) is 0 Å². The zero-order valence-corrected chi connectivity index (χ0v) is 13.8. The summed E-state index contributed by atoms with van der Waals surface area (Å²) < 4.78 is 10.7. The molecule has 7 nitrogen and oxygen atoms in total. The number of piperidine rings is 1. The minimum Gasteiger partial charge on any atom is -0.507 e. The van der Waals surface area contributed by atoms with Crippen LogP contribution in [0.3, 0.4) is 0 Å². The van der Waals surface area contributed by atoms with Crippen molar-refractivity contribution in [3.05, 3.63) is 35.9 Å². The van der Waals surface area contributed by atoms with Crippen molar-refractivity contribution in [1.29, 1.82) is 0 Å². The number of nitrogens with zero attached hydrogens (tertiary/aromatic N) is 1. The van der Waals surface area contributed by atoms with Gasteiger partial charge in [0.25, 0.3) is 0 Å². The highest BCUT2D eigenvalue weighted by Gasteiger charge is 2.25. The predicted molar refractivity (Wildman–Crippen MR) is 90.2 cm³/mol. The van der Waals surface area contributed by atoms with E-state index in [0.717, 1.165) is 18.2 Å². The van der Waals surface area contributed by atoms with Crippen molar-refractivity contribution in [3.8, 4) is 11.5 Å². The van der Waals surface area contributed by atoms with E-state index in [9.17, 15) is 14.7 Å². The minimum atomic E-state index is -0.952. The minimum absolute atomic E-state index is 0.0851. The Morgan fingerprint density at radius 2 is 2.08 bits per heavy atom. The third kappa shape index (κ3) is 3.45. The first kappa shape index (κ1) is 16.9. The zero-order valence-electron chi connectivity index (χ0n) is 13.8. The molecular weight excluding hydrogens is 326 g/mol. The lowest BCUT2D eigenvalue weighted by Crippen LogP contribution is -2.43. The van der Waals surface area contributed by atoms with Crippen molar-refractivity contribution in [3.63, 3.8) is 0 Å². The molecule has 0 radical (unpaired) electrons. The number of aromatic hydroxyl groups is 1. The van der Waals surface area contributed by atoms with Crippen LogP contribution in [0.4, 0.5) is 4.79 Å². The van der Waals surface area contributed by atoms with Crippen LogP contribution in [-0.4, -0.2) is 53.5 Å². The lowest BCUT2D eigenvalue weighted by Gasteiger charge is -2.31. The van der Waals surface area contributed by atoms with E-state index in [1.165, 1.54) is 18.1 Å². The molecule has 0 aliphatic carbocycles. The van der Waals surface area contributed by atoms with Crippen LogP contribution in [0.1, 0.15) is 23.2 Å². The summed E-state index contributed by atoms with van der Waals surface area (Å²) in [5, 5.41) is 20.6. The van der Waals surface area contributed by atoms with Crippen molar-refractivity contribution < 1.29 is 29.3 Å². The molecule has 132 valence electrons. The SMILES string of the molecule is COC(=O)c1cc2cccc(OC3CCCN(C(=O)O)C3)c2cc1O. The van der Waals surface area contributed by atoms with Crippen LogP contribution in [0.2, 0.25) is 0 Å². The Balaban J connectivity index is 1.90. The topological polar surface area (TPSA) is 96.3 Å². The number of fused-ring (bicyclic) bond motifs is 1. The van der Waals surface area contributed by atoms with Gasteiger partial charge in [0.15, 0.2) is 0 Å². The number of carbonyl (C=O) groups is 2. The molecule has 2 N–H and O–H groups in total. The number of hydrogen-bond donors (Lipinski definition) is 2. The molecule has 0 saturated carbocycles. The van der Waals surface area contributed by atoms with Gasteiger partial charge < -0.3 is 24.6 Å². The van der Waals surface area contributed by atoms with E-state index in [1.54, 1.807) is 24.3 Å². The molecule has 2 aromatic carbocycles. The molecule has 1 fully saturated rings. The fraction of sp³-hybridized carbons (Fsp3) is 0.333. The number of benzene rings is 2.